The second-order valence-electron chi connectivity index (χ2n) is 32.1. The third kappa shape index (κ3) is 17.6. The van der Waals surface area contributed by atoms with Crippen LogP contribution in [0.3, 0.4) is 0 Å². The van der Waals surface area contributed by atoms with Gasteiger partial charge in [0.25, 0.3) is 16.7 Å². The summed E-state index contributed by atoms with van der Waals surface area (Å²) < 4.78 is 21.6. The molecule has 3 fully saturated rings. The monoisotopic (exact) mass is 1630 g/mol. The molecule has 594 valence electrons. The van der Waals surface area contributed by atoms with Crippen LogP contribution in [-0.4, -0.2) is 132 Å². The maximum absolute atomic E-state index is 13.3. The average Bonchev–Trinajstić information content (AvgIpc) is 1.60. The zero-order chi connectivity index (χ0) is 78.8. The van der Waals surface area contributed by atoms with Gasteiger partial charge in [0, 0.05) is 120 Å². The van der Waals surface area contributed by atoms with Crippen LogP contribution in [0.15, 0.2) is 109 Å². The van der Waals surface area contributed by atoms with Crippen molar-refractivity contribution in [1.82, 2.24) is 88.1 Å². The number of ether oxygens (including phenoxy) is 2. The summed E-state index contributed by atoms with van der Waals surface area (Å²) in [6.07, 6.45) is 16.0. The zero-order valence-corrected chi connectivity index (χ0v) is 69.9. The Hall–Kier alpha value is -9.86. The first kappa shape index (κ1) is 79.8. The molecule has 3 saturated carbocycles. The molecular formula is C80H96ClN21O7S4. The van der Waals surface area contributed by atoms with Crippen molar-refractivity contribution in [2.75, 3.05) is 42.3 Å². The van der Waals surface area contributed by atoms with Gasteiger partial charge in [-0.1, -0.05) is 30.0 Å². The maximum Gasteiger partial charge on any atom is 0.410 e. The summed E-state index contributed by atoms with van der Waals surface area (Å²) in [5, 5.41) is 21.6. The summed E-state index contributed by atoms with van der Waals surface area (Å²) >= 11 is 6.43. The van der Waals surface area contributed by atoms with Crippen LogP contribution >= 0.6 is 58.2 Å². The van der Waals surface area contributed by atoms with Crippen molar-refractivity contribution in [3.8, 4) is 17.5 Å². The van der Waals surface area contributed by atoms with Crippen LogP contribution in [0.25, 0.3) is 50.6 Å². The minimum absolute atomic E-state index is 0. The highest BCUT2D eigenvalue weighted by Crippen LogP contribution is 2.44. The molecule has 113 heavy (non-hydrogen) atoms. The molecule has 0 bridgehead atoms. The zero-order valence-electron chi connectivity index (χ0n) is 65.8. The van der Waals surface area contributed by atoms with E-state index in [0.717, 1.165) is 87.2 Å². The highest BCUT2D eigenvalue weighted by atomic mass is 35.5. The van der Waals surface area contributed by atoms with Crippen LogP contribution in [0.2, 0.25) is 0 Å². The van der Waals surface area contributed by atoms with E-state index in [1.165, 1.54) is 72.5 Å². The van der Waals surface area contributed by atoms with Gasteiger partial charge in [-0.25, -0.2) is 72.6 Å². The highest BCUT2D eigenvalue weighted by molar-refractivity contribution is 7.98. The predicted octanol–water partition coefficient (Wildman–Crippen LogP) is 15.6. The van der Waals surface area contributed by atoms with E-state index in [-0.39, 0.29) is 59.4 Å². The first-order valence-corrected chi connectivity index (χ1v) is 42.2. The van der Waals surface area contributed by atoms with E-state index in [1.54, 1.807) is 76.4 Å². The molecule has 9 aromatic heterocycles. The lowest BCUT2D eigenvalue weighted by Gasteiger charge is -2.31. The predicted molar refractivity (Wildman–Crippen MR) is 449 cm³/mol. The molecule has 0 unspecified atom stereocenters. The molecule has 0 saturated heterocycles. The van der Waals surface area contributed by atoms with E-state index in [0.29, 0.717) is 99.9 Å². The number of hydrogen-bond acceptors (Lipinski definition) is 24. The number of aromatic nitrogens is 15. The second kappa shape index (κ2) is 32.6. The fourth-order valence-corrected chi connectivity index (χ4v) is 17.1. The minimum atomic E-state index is -0.538. The Labute approximate surface area is 676 Å². The third-order valence-electron chi connectivity index (χ3n) is 19.8. The molecule has 6 aliphatic rings. The Morgan fingerprint density at radius 1 is 0.513 bits per heavy atom. The summed E-state index contributed by atoms with van der Waals surface area (Å²) in [6.45, 7) is 27.4. The number of halogens is 1. The second-order valence-corrected chi connectivity index (χ2v) is 35.5. The molecular weight excluding hydrogens is 1530 g/mol. The van der Waals surface area contributed by atoms with E-state index < -0.39 is 11.2 Å². The Kier molecular flexibility index (Phi) is 23.0. The number of anilines is 5. The lowest BCUT2D eigenvalue weighted by Crippen LogP contribution is -2.39. The van der Waals surface area contributed by atoms with Gasteiger partial charge in [-0.3, -0.25) is 14.4 Å². The van der Waals surface area contributed by atoms with Crippen LogP contribution in [0, 0.1) is 0 Å². The SMILES string of the molecule is CC(C)(C)OC(=O)N1CCc2ccc(N)cc2C1.CC(C)n1c(=O)c2cnc(Nc3ccc4c(c3)CN(C(=O)OC(C)(C)C)CC4)nc2n1-c1csc(C2CC2)n1.CC(C)n1c(=O)c2cnc(Nc3ccc4c(c3)CNCC4)nc2n1-c1csc(C2CC2)n1.CSc1ncc2c(=O)n(C(C)C)n(-c3csc(C4CC4)n3)c2n1.Cl. The standard InChI is InChI=1S/C28H33N7O3S.C23H25N7OS.C15H17N5OS2.C14H20N2O2.ClH/c1-16(2)34-25(36)21-13-29-26(32-23(21)35(34)22-15-39-24(31-22)18-6-7-18)30-20-9-8-17-10-11-33(14-19(17)12-20)27(37)38-28(3,4)5;1-13(2)29-22(31)18-11-25-23(26-17-6-5-14-7-8-24-10-16(14)9-17)28-20(18)30(29)19-12-32-21(27-19)15-3-4-15;1-8(2)19-14(21)10-6-16-15(22-3)18-12(10)20(19)11-7-23-13(17-11)9-4-5-9;1-14(2,3)18-13(17)16-7-6-10-4-5-12(15)8-11(10)9-16;/h8-9,12-13,15-16,18H,6-7,10-11,14H2,1-5H3,(H,29,30,32);5-6,9,11-13,15,24H,3-4,7-8,10H2,1-2H3,(H,25,26,28);6-9H,4-5H2,1-3H3;4-5,8H,6-7,9,15H2,1-3H3;1H. The van der Waals surface area contributed by atoms with Crippen molar-refractivity contribution in [2.45, 2.75) is 213 Å². The molecule has 3 aromatic carbocycles. The van der Waals surface area contributed by atoms with E-state index in [2.05, 4.69) is 60.2 Å². The number of nitrogen functional groups attached to an aromatic ring is 1. The molecule has 3 aliphatic heterocycles. The van der Waals surface area contributed by atoms with Gasteiger partial charge in [-0.15, -0.1) is 46.4 Å². The number of amides is 2. The van der Waals surface area contributed by atoms with E-state index in [1.807, 2.05) is 150 Å². The van der Waals surface area contributed by atoms with Gasteiger partial charge in [0.15, 0.2) is 39.6 Å². The minimum Gasteiger partial charge on any atom is -0.444 e. The normalized spacial score (nSPS) is 15.4. The summed E-state index contributed by atoms with van der Waals surface area (Å²) in [5.74, 6) is 4.80. The molecule has 0 radical (unpaired) electrons. The Morgan fingerprint density at radius 2 is 0.894 bits per heavy atom. The van der Waals surface area contributed by atoms with E-state index in [9.17, 15) is 24.0 Å². The Bertz CT molecular complexity index is 5740. The number of hydrogen-bond donors (Lipinski definition) is 4. The van der Waals surface area contributed by atoms with Crippen LogP contribution in [-0.2, 0) is 48.4 Å². The molecule has 0 atom stereocenters. The first-order chi connectivity index (χ1) is 53.6. The molecule has 12 heterocycles. The maximum atomic E-state index is 13.3. The summed E-state index contributed by atoms with van der Waals surface area (Å²) in [4.78, 5) is 109. The molecule has 33 heteroatoms. The smallest absolute Gasteiger partial charge is 0.410 e. The first-order valence-electron chi connectivity index (χ1n) is 38.3. The summed E-state index contributed by atoms with van der Waals surface area (Å²) in [7, 11) is 0. The third-order valence-corrected chi connectivity index (χ3v) is 23.4. The van der Waals surface area contributed by atoms with Crippen molar-refractivity contribution in [1.29, 1.82) is 0 Å². The van der Waals surface area contributed by atoms with Crippen LogP contribution in [0.1, 0.15) is 206 Å². The number of fused-ring (bicyclic) bond motifs is 6. The molecule has 12 aromatic rings. The molecule has 2 amide bonds. The number of thioether (sulfide) groups is 1. The number of nitrogens with two attached hydrogens (primary N) is 1. The van der Waals surface area contributed by atoms with Crippen molar-refractivity contribution in [3.63, 3.8) is 0 Å². The fourth-order valence-electron chi connectivity index (χ4n) is 13.9. The van der Waals surface area contributed by atoms with Gasteiger partial charge in [-0.2, -0.15) is 9.97 Å². The number of benzene rings is 3. The van der Waals surface area contributed by atoms with Crippen LogP contribution in [0.5, 0.6) is 0 Å². The molecule has 5 N–H and O–H groups in total. The number of carbonyl (C=O) groups is 2. The van der Waals surface area contributed by atoms with Crippen molar-refractivity contribution in [3.05, 3.63) is 169 Å². The average molecular weight is 1630 g/mol. The highest BCUT2D eigenvalue weighted by Gasteiger charge is 2.34. The number of rotatable bonds is 14. The van der Waals surface area contributed by atoms with Gasteiger partial charge < -0.3 is 41.0 Å². The lowest BCUT2D eigenvalue weighted by molar-refractivity contribution is 0.0214. The Morgan fingerprint density at radius 3 is 1.29 bits per heavy atom. The van der Waals surface area contributed by atoms with Gasteiger partial charge in [0.1, 0.15) is 27.4 Å². The van der Waals surface area contributed by atoms with Gasteiger partial charge >= 0.3 is 12.2 Å². The quantitative estimate of drug-likeness (QED) is 0.0446. The molecule has 0 spiro atoms. The number of thiazole rings is 3. The summed E-state index contributed by atoms with van der Waals surface area (Å²) in [6, 6.07) is 18.2. The van der Waals surface area contributed by atoms with Crippen LogP contribution < -0.4 is 38.4 Å². The largest absolute Gasteiger partial charge is 0.444 e. The molecule has 3 aliphatic carbocycles. The number of nitrogens with zero attached hydrogens (tertiary/aromatic N) is 17. The fraction of sp³-hybridized carbons (Fsp3) is 0.450. The molecule has 18 rings (SSSR count). The van der Waals surface area contributed by atoms with E-state index in [4.69, 9.17) is 40.1 Å². The van der Waals surface area contributed by atoms with Gasteiger partial charge in [-0.05, 0) is 223 Å². The van der Waals surface area contributed by atoms with Crippen LogP contribution in [0.4, 0.5) is 38.5 Å². The Balaban J connectivity index is 0.000000129. The van der Waals surface area contributed by atoms with Crippen molar-refractivity contribution < 1.29 is 19.1 Å². The van der Waals surface area contributed by atoms with Crippen molar-refractivity contribution in [2.24, 2.45) is 0 Å². The van der Waals surface area contributed by atoms with Gasteiger partial charge in [0.05, 0.1) is 15.0 Å². The topological polar surface area (TPSA) is 318 Å². The van der Waals surface area contributed by atoms with Gasteiger partial charge in [0.2, 0.25) is 11.9 Å². The summed E-state index contributed by atoms with van der Waals surface area (Å²) in [5.41, 5.74) is 16.0. The number of nitrogens with one attached hydrogen (secondary N) is 3. The van der Waals surface area contributed by atoms with E-state index >= 15 is 0 Å². The number of carbonyl (C=O) groups excluding carboxylic acids is 2. The molecule has 28 nitrogen and oxygen atoms in total. The lowest BCUT2D eigenvalue weighted by atomic mass is 9.99. The van der Waals surface area contributed by atoms with Crippen molar-refractivity contribution >= 4 is 132 Å².